The fourth-order valence-corrected chi connectivity index (χ4v) is 2.62. The monoisotopic (exact) mass is 277 g/mol. The quantitative estimate of drug-likeness (QED) is 0.795. The number of nitrogens with one attached hydrogen (secondary N) is 1. The maximum atomic E-state index is 13.0. The average molecular weight is 277 g/mol. The first-order valence-corrected chi connectivity index (χ1v) is 6.47. The van der Waals surface area contributed by atoms with E-state index >= 15 is 0 Å². The lowest BCUT2D eigenvalue weighted by molar-refractivity contribution is -0.136. The van der Waals surface area contributed by atoms with Crippen molar-refractivity contribution < 1.29 is 13.2 Å². The molecule has 1 atom stereocenters. The number of benzene rings is 2. The molecule has 0 spiro atoms. The van der Waals surface area contributed by atoms with Gasteiger partial charge in [0.25, 0.3) is 0 Å². The molecule has 1 unspecified atom stereocenters. The van der Waals surface area contributed by atoms with Gasteiger partial charge in [-0.2, -0.15) is 13.2 Å². The van der Waals surface area contributed by atoms with Gasteiger partial charge in [-0.05, 0) is 30.5 Å². The van der Waals surface area contributed by atoms with E-state index in [1.54, 1.807) is 6.07 Å². The van der Waals surface area contributed by atoms with E-state index in [-0.39, 0.29) is 11.7 Å². The molecule has 1 heterocycles. The van der Waals surface area contributed by atoms with Gasteiger partial charge in [-0.1, -0.05) is 42.0 Å². The Hall–Kier alpha value is -1.97. The number of rotatable bonds is 1. The van der Waals surface area contributed by atoms with Crippen molar-refractivity contribution in [1.29, 1.82) is 0 Å². The molecule has 1 aliphatic rings. The topological polar surface area (TPSA) is 12.0 Å². The van der Waals surface area contributed by atoms with Gasteiger partial charge in [0, 0.05) is 0 Å². The molecule has 104 valence electrons. The Labute approximate surface area is 115 Å². The van der Waals surface area contributed by atoms with Crippen molar-refractivity contribution in [3.63, 3.8) is 0 Å². The van der Waals surface area contributed by atoms with Gasteiger partial charge in [0.2, 0.25) is 0 Å². The highest BCUT2D eigenvalue weighted by Gasteiger charge is 2.37. The molecule has 0 amide bonds. The highest BCUT2D eigenvalue weighted by atomic mass is 19.4. The number of alkyl halides is 3. The van der Waals surface area contributed by atoms with Crippen LogP contribution in [-0.2, 0) is 12.6 Å². The van der Waals surface area contributed by atoms with E-state index in [4.69, 9.17) is 0 Å². The predicted octanol–water partition coefficient (Wildman–Crippen LogP) is 4.72. The zero-order valence-corrected chi connectivity index (χ0v) is 11.0. The van der Waals surface area contributed by atoms with Crippen LogP contribution in [0.1, 0.15) is 28.3 Å². The van der Waals surface area contributed by atoms with Gasteiger partial charge in [0.1, 0.15) is 0 Å². The van der Waals surface area contributed by atoms with Crippen LogP contribution in [0.25, 0.3) is 0 Å². The first-order valence-electron chi connectivity index (χ1n) is 6.47. The lowest BCUT2D eigenvalue weighted by Gasteiger charge is -2.15. The molecule has 1 nitrogen and oxygen atoms in total. The van der Waals surface area contributed by atoms with E-state index in [9.17, 15) is 13.2 Å². The summed E-state index contributed by atoms with van der Waals surface area (Å²) in [6.07, 6.45) is -3.73. The molecule has 0 saturated carbocycles. The Morgan fingerprint density at radius 3 is 2.40 bits per heavy atom. The van der Waals surface area contributed by atoms with E-state index in [0.29, 0.717) is 6.42 Å². The van der Waals surface area contributed by atoms with Crippen molar-refractivity contribution in [3.8, 4) is 0 Å². The fraction of sp³-hybridized carbons (Fsp3) is 0.250. The highest BCUT2D eigenvalue weighted by Crippen LogP contribution is 2.43. The first-order chi connectivity index (χ1) is 9.45. The number of aryl methyl sites for hydroxylation is 1. The summed E-state index contributed by atoms with van der Waals surface area (Å²) in [5.74, 6) is 0. The molecule has 0 aromatic heterocycles. The van der Waals surface area contributed by atoms with Crippen LogP contribution in [0.15, 0.2) is 42.5 Å². The lowest BCUT2D eigenvalue weighted by Crippen LogP contribution is -2.10. The van der Waals surface area contributed by atoms with Crippen molar-refractivity contribution in [2.24, 2.45) is 0 Å². The maximum Gasteiger partial charge on any atom is 0.418 e. The van der Waals surface area contributed by atoms with Crippen molar-refractivity contribution in [3.05, 3.63) is 64.7 Å². The summed E-state index contributed by atoms with van der Waals surface area (Å²) >= 11 is 0. The molecule has 1 aliphatic heterocycles. The zero-order chi connectivity index (χ0) is 14.3. The molecule has 2 aromatic carbocycles. The van der Waals surface area contributed by atoms with Crippen LogP contribution in [0.3, 0.4) is 0 Å². The van der Waals surface area contributed by atoms with E-state index < -0.39 is 11.7 Å². The molecule has 3 rings (SSSR count). The summed E-state index contributed by atoms with van der Waals surface area (Å²) in [5, 5.41) is 3.03. The molecule has 0 aliphatic carbocycles. The smallest absolute Gasteiger partial charge is 0.377 e. The third-order valence-electron chi connectivity index (χ3n) is 3.68. The molecule has 1 N–H and O–H groups in total. The molecular formula is C16H14F3N. The average Bonchev–Trinajstić information content (AvgIpc) is 2.81. The Morgan fingerprint density at radius 2 is 1.75 bits per heavy atom. The van der Waals surface area contributed by atoms with Crippen LogP contribution in [-0.4, -0.2) is 0 Å². The summed E-state index contributed by atoms with van der Waals surface area (Å²) < 4.78 is 39.0. The molecule has 2 aromatic rings. The summed E-state index contributed by atoms with van der Waals surface area (Å²) in [7, 11) is 0. The summed E-state index contributed by atoms with van der Waals surface area (Å²) in [6, 6.07) is 12.2. The fourth-order valence-electron chi connectivity index (χ4n) is 2.62. The normalized spacial score (nSPS) is 17.7. The predicted molar refractivity (Wildman–Crippen MR) is 72.7 cm³/mol. The maximum absolute atomic E-state index is 13.0. The third kappa shape index (κ3) is 2.26. The summed E-state index contributed by atoms with van der Waals surface area (Å²) in [4.78, 5) is 0. The van der Waals surface area contributed by atoms with Crippen molar-refractivity contribution in [1.82, 2.24) is 0 Å². The van der Waals surface area contributed by atoms with Gasteiger partial charge in [0.05, 0.1) is 17.3 Å². The molecular weight excluding hydrogens is 263 g/mol. The zero-order valence-electron chi connectivity index (χ0n) is 11.0. The number of halogens is 3. The van der Waals surface area contributed by atoms with Crippen LogP contribution < -0.4 is 5.32 Å². The molecule has 0 saturated heterocycles. The Bertz CT molecular complexity index is 629. The van der Waals surface area contributed by atoms with Crippen LogP contribution in [0.5, 0.6) is 0 Å². The van der Waals surface area contributed by atoms with E-state index in [1.807, 2.05) is 31.2 Å². The minimum atomic E-state index is -4.32. The minimum Gasteiger partial charge on any atom is -0.377 e. The SMILES string of the molecule is Cc1ccc(C2Cc3cccc(C(F)(F)F)c3N2)cc1. The number of para-hydroxylation sites is 1. The van der Waals surface area contributed by atoms with Gasteiger partial charge in [-0.3, -0.25) is 0 Å². The molecule has 4 heteroatoms. The number of anilines is 1. The van der Waals surface area contributed by atoms with Crippen molar-refractivity contribution >= 4 is 5.69 Å². The molecule has 0 fully saturated rings. The van der Waals surface area contributed by atoms with Gasteiger partial charge < -0.3 is 5.32 Å². The van der Waals surface area contributed by atoms with Crippen molar-refractivity contribution in [2.75, 3.05) is 5.32 Å². The number of fused-ring (bicyclic) bond motifs is 1. The molecule has 0 bridgehead atoms. The van der Waals surface area contributed by atoms with Gasteiger partial charge in [-0.25, -0.2) is 0 Å². The molecule has 0 radical (unpaired) electrons. The Balaban J connectivity index is 1.94. The van der Waals surface area contributed by atoms with Crippen LogP contribution in [0.4, 0.5) is 18.9 Å². The van der Waals surface area contributed by atoms with Gasteiger partial charge >= 0.3 is 6.18 Å². The minimum absolute atomic E-state index is 0.0888. The second-order valence-electron chi connectivity index (χ2n) is 5.15. The largest absolute Gasteiger partial charge is 0.418 e. The van der Waals surface area contributed by atoms with Gasteiger partial charge in [0.15, 0.2) is 0 Å². The van der Waals surface area contributed by atoms with Crippen LogP contribution >= 0.6 is 0 Å². The van der Waals surface area contributed by atoms with E-state index in [2.05, 4.69) is 5.32 Å². The molecule has 20 heavy (non-hydrogen) atoms. The third-order valence-corrected chi connectivity index (χ3v) is 3.68. The summed E-state index contributed by atoms with van der Waals surface area (Å²) in [5.41, 5.74) is 2.53. The second-order valence-corrected chi connectivity index (χ2v) is 5.15. The second kappa shape index (κ2) is 4.54. The summed E-state index contributed by atoms with van der Waals surface area (Å²) in [6.45, 7) is 1.99. The van der Waals surface area contributed by atoms with Gasteiger partial charge in [-0.15, -0.1) is 0 Å². The van der Waals surface area contributed by atoms with E-state index in [0.717, 1.165) is 22.8 Å². The standard InChI is InChI=1S/C16H14F3N/c1-10-5-7-11(8-6-10)14-9-12-3-2-4-13(15(12)20-14)16(17,18)19/h2-8,14,20H,9H2,1H3. The number of hydrogen-bond acceptors (Lipinski definition) is 1. The first kappa shape index (κ1) is 13.0. The lowest BCUT2D eigenvalue weighted by atomic mass is 10.0. The number of hydrogen-bond donors (Lipinski definition) is 1. The highest BCUT2D eigenvalue weighted by molar-refractivity contribution is 5.64. The van der Waals surface area contributed by atoms with Crippen LogP contribution in [0.2, 0.25) is 0 Å². The van der Waals surface area contributed by atoms with Crippen molar-refractivity contribution in [2.45, 2.75) is 25.6 Å². The van der Waals surface area contributed by atoms with Crippen LogP contribution in [0, 0.1) is 6.92 Å². The van der Waals surface area contributed by atoms with E-state index in [1.165, 1.54) is 6.07 Å². The Kier molecular flexibility index (Phi) is 2.96. The Morgan fingerprint density at radius 1 is 1.05 bits per heavy atom.